The van der Waals surface area contributed by atoms with Crippen LogP contribution in [0.25, 0.3) is 0 Å². The Morgan fingerprint density at radius 3 is 2.69 bits per heavy atom. The number of aromatic nitrogens is 2. The van der Waals surface area contributed by atoms with Gasteiger partial charge >= 0.3 is 0 Å². The second-order valence-electron chi connectivity index (χ2n) is 7.20. The van der Waals surface area contributed by atoms with Crippen molar-refractivity contribution in [3.05, 3.63) is 29.0 Å². The van der Waals surface area contributed by atoms with Gasteiger partial charge in [-0.3, -0.25) is 0 Å². The van der Waals surface area contributed by atoms with Gasteiger partial charge in [0.1, 0.15) is 16.6 Å². The molecule has 0 unspecified atom stereocenters. The van der Waals surface area contributed by atoms with E-state index in [4.69, 9.17) is 17.3 Å². The van der Waals surface area contributed by atoms with Gasteiger partial charge in [0, 0.05) is 30.2 Å². The number of aliphatic hydroxyl groups is 1. The molecule has 0 atom stereocenters. The van der Waals surface area contributed by atoms with Gasteiger partial charge < -0.3 is 20.8 Å². The highest BCUT2D eigenvalue weighted by Gasteiger charge is 2.27. The number of aromatic hydroxyl groups is 1. The number of aliphatic hydroxyl groups excluding tert-OH is 1. The van der Waals surface area contributed by atoms with Gasteiger partial charge in [-0.05, 0) is 24.3 Å². The molecule has 6 nitrogen and oxygen atoms in total. The predicted octanol–water partition coefficient (Wildman–Crippen LogP) is 3.69. The molecule has 2 aromatic rings. The maximum absolute atomic E-state index is 10.5. The summed E-state index contributed by atoms with van der Waals surface area (Å²) < 4.78 is 0. The molecule has 3 rings (SSSR count). The molecule has 1 aliphatic heterocycles. The van der Waals surface area contributed by atoms with Crippen LogP contribution >= 0.6 is 23.4 Å². The van der Waals surface area contributed by atoms with Crippen LogP contribution in [0.5, 0.6) is 5.75 Å². The maximum atomic E-state index is 10.5. The van der Waals surface area contributed by atoms with Gasteiger partial charge in [-0.25, -0.2) is 9.97 Å². The summed E-state index contributed by atoms with van der Waals surface area (Å²) >= 11 is 7.37. The van der Waals surface area contributed by atoms with E-state index in [-0.39, 0.29) is 18.2 Å². The molecule has 2 aromatic heterocycles. The molecule has 140 valence electrons. The van der Waals surface area contributed by atoms with E-state index < -0.39 is 0 Å². The molecule has 4 N–H and O–H groups in total. The SMILES string of the molecule is CC1(C)CCN(c2cc(O)c(Sc3ccnc(N)c3Cl)nc2CO)CC1. The molecule has 0 saturated carbocycles. The minimum absolute atomic E-state index is 0.0542. The van der Waals surface area contributed by atoms with E-state index >= 15 is 0 Å². The van der Waals surface area contributed by atoms with Gasteiger partial charge in [-0.15, -0.1) is 0 Å². The van der Waals surface area contributed by atoms with Crippen molar-refractivity contribution in [2.75, 3.05) is 23.7 Å². The first-order valence-corrected chi connectivity index (χ1v) is 9.67. The number of rotatable bonds is 4. The van der Waals surface area contributed by atoms with Crippen LogP contribution in [0.1, 0.15) is 32.4 Å². The molecule has 1 saturated heterocycles. The zero-order valence-electron chi connectivity index (χ0n) is 14.9. The van der Waals surface area contributed by atoms with Crippen LogP contribution in [0.4, 0.5) is 11.5 Å². The fourth-order valence-corrected chi connectivity index (χ4v) is 4.03. The molecule has 8 heteroatoms. The molecule has 1 fully saturated rings. The summed E-state index contributed by atoms with van der Waals surface area (Å²) in [6.07, 6.45) is 3.67. The van der Waals surface area contributed by atoms with Crippen LogP contribution in [-0.4, -0.2) is 33.3 Å². The molecular formula is C18H23ClN4O2S. The Kier molecular flexibility index (Phi) is 5.50. The molecule has 0 aliphatic carbocycles. The lowest BCUT2D eigenvalue weighted by atomic mass is 9.82. The summed E-state index contributed by atoms with van der Waals surface area (Å²) in [7, 11) is 0. The van der Waals surface area contributed by atoms with E-state index in [2.05, 4.69) is 28.7 Å². The zero-order valence-corrected chi connectivity index (χ0v) is 16.4. The average molecular weight is 395 g/mol. The van der Waals surface area contributed by atoms with Gasteiger partial charge in [-0.2, -0.15) is 0 Å². The van der Waals surface area contributed by atoms with Crippen LogP contribution in [0.3, 0.4) is 0 Å². The molecule has 0 radical (unpaired) electrons. The Labute approximate surface area is 162 Å². The molecule has 0 bridgehead atoms. The first kappa shape index (κ1) is 19.1. The highest BCUT2D eigenvalue weighted by Crippen LogP contribution is 2.41. The number of nitrogens with zero attached hydrogens (tertiary/aromatic N) is 3. The minimum atomic E-state index is -0.199. The monoisotopic (exact) mass is 394 g/mol. The molecule has 0 amide bonds. The summed E-state index contributed by atoms with van der Waals surface area (Å²) in [6.45, 7) is 6.07. The largest absolute Gasteiger partial charge is 0.505 e. The van der Waals surface area contributed by atoms with E-state index in [0.717, 1.165) is 31.6 Å². The lowest BCUT2D eigenvalue weighted by Crippen LogP contribution is -2.37. The molecule has 26 heavy (non-hydrogen) atoms. The topological polar surface area (TPSA) is 95.5 Å². The lowest BCUT2D eigenvalue weighted by molar-refractivity contribution is 0.268. The Morgan fingerprint density at radius 1 is 1.35 bits per heavy atom. The van der Waals surface area contributed by atoms with Gasteiger partial charge in [0.25, 0.3) is 0 Å². The van der Waals surface area contributed by atoms with Crippen LogP contribution in [0.2, 0.25) is 5.02 Å². The summed E-state index contributed by atoms with van der Waals surface area (Å²) in [5.74, 6) is 0.282. The fraction of sp³-hybridized carbons (Fsp3) is 0.444. The third-order valence-electron chi connectivity index (χ3n) is 4.72. The third-order valence-corrected chi connectivity index (χ3v) is 6.28. The number of nitrogen functional groups attached to an aromatic ring is 1. The van der Waals surface area contributed by atoms with Gasteiger partial charge in [0.15, 0.2) is 0 Å². The number of piperidine rings is 1. The normalized spacial score (nSPS) is 16.7. The van der Waals surface area contributed by atoms with Crippen LogP contribution in [0, 0.1) is 5.41 Å². The number of anilines is 2. The Bertz CT molecular complexity index is 806. The van der Waals surface area contributed by atoms with Crippen molar-refractivity contribution in [2.24, 2.45) is 5.41 Å². The molecule has 0 spiro atoms. The highest BCUT2D eigenvalue weighted by atomic mass is 35.5. The first-order valence-electron chi connectivity index (χ1n) is 8.47. The van der Waals surface area contributed by atoms with E-state index in [1.165, 1.54) is 11.8 Å². The molecular weight excluding hydrogens is 372 g/mol. The summed E-state index contributed by atoms with van der Waals surface area (Å²) in [5, 5.41) is 21.0. The van der Waals surface area contributed by atoms with Crippen LogP contribution in [-0.2, 0) is 6.61 Å². The van der Waals surface area contributed by atoms with Crippen molar-refractivity contribution in [3.63, 3.8) is 0 Å². The number of halogens is 1. The fourth-order valence-electron chi connectivity index (χ4n) is 2.95. The summed E-state index contributed by atoms with van der Waals surface area (Å²) in [4.78, 5) is 11.2. The quantitative estimate of drug-likeness (QED) is 0.727. The number of hydrogen-bond acceptors (Lipinski definition) is 7. The smallest absolute Gasteiger partial charge is 0.150 e. The second-order valence-corrected chi connectivity index (χ2v) is 8.61. The van der Waals surface area contributed by atoms with Crippen molar-refractivity contribution in [2.45, 2.75) is 43.2 Å². The van der Waals surface area contributed by atoms with Crippen molar-refractivity contribution >= 4 is 34.9 Å². The van der Waals surface area contributed by atoms with Crippen molar-refractivity contribution in [1.82, 2.24) is 9.97 Å². The summed E-state index contributed by atoms with van der Waals surface area (Å²) in [5.41, 5.74) is 7.37. The summed E-state index contributed by atoms with van der Waals surface area (Å²) in [6, 6.07) is 3.39. The van der Waals surface area contributed by atoms with Crippen LogP contribution < -0.4 is 10.6 Å². The lowest BCUT2D eigenvalue weighted by Gasteiger charge is -2.38. The molecule has 3 heterocycles. The predicted molar refractivity (Wildman–Crippen MR) is 105 cm³/mol. The van der Waals surface area contributed by atoms with E-state index in [1.807, 2.05) is 0 Å². The van der Waals surface area contributed by atoms with Crippen molar-refractivity contribution < 1.29 is 10.2 Å². The third kappa shape index (κ3) is 4.00. The Morgan fingerprint density at radius 2 is 2.04 bits per heavy atom. The number of pyridine rings is 2. The van der Waals surface area contributed by atoms with Gasteiger partial charge in [0.2, 0.25) is 0 Å². The Balaban J connectivity index is 1.89. The number of nitrogens with two attached hydrogens (primary N) is 1. The Hall–Kier alpha value is -1.70. The first-order chi connectivity index (χ1) is 12.3. The van der Waals surface area contributed by atoms with E-state index in [1.54, 1.807) is 18.3 Å². The average Bonchev–Trinajstić information content (AvgIpc) is 2.60. The molecule has 0 aromatic carbocycles. The van der Waals surface area contributed by atoms with Gasteiger partial charge in [-0.1, -0.05) is 37.2 Å². The second kappa shape index (κ2) is 7.50. The van der Waals surface area contributed by atoms with Crippen LogP contribution in [0.15, 0.2) is 28.3 Å². The standard InChI is InChI=1S/C18H23ClN4O2S/c1-18(2)4-7-23(8-5-18)12-9-13(25)17(22-11(12)10-24)26-14-3-6-21-16(20)15(14)19/h3,6,9,24-25H,4-5,7-8,10H2,1-2H3,(H2,20,21). The van der Waals surface area contributed by atoms with E-state index in [9.17, 15) is 10.2 Å². The van der Waals surface area contributed by atoms with Crippen molar-refractivity contribution in [3.8, 4) is 5.75 Å². The maximum Gasteiger partial charge on any atom is 0.150 e. The van der Waals surface area contributed by atoms with Gasteiger partial charge in [0.05, 0.1) is 23.0 Å². The zero-order chi connectivity index (χ0) is 18.9. The van der Waals surface area contributed by atoms with E-state index in [0.29, 0.717) is 26.1 Å². The minimum Gasteiger partial charge on any atom is -0.505 e. The highest BCUT2D eigenvalue weighted by molar-refractivity contribution is 7.99. The molecule has 1 aliphatic rings. The van der Waals surface area contributed by atoms with Crippen molar-refractivity contribution in [1.29, 1.82) is 0 Å². The number of hydrogen-bond donors (Lipinski definition) is 3.